The van der Waals surface area contributed by atoms with Crippen molar-refractivity contribution >= 4 is 8.32 Å². The predicted molar refractivity (Wildman–Crippen MR) is 47.8 cm³/mol. The molecule has 0 aromatic carbocycles. The molecule has 1 saturated heterocycles. The standard InChI is InChI=1S/C8H15NO2Si/c1-12(2,11-7-9)8-5-3-4-6-10-8/h8H,3-6H2,1-2H3. The summed E-state index contributed by atoms with van der Waals surface area (Å²) < 4.78 is 10.7. The Bertz CT molecular complexity index is 182. The maximum absolute atomic E-state index is 8.44. The van der Waals surface area contributed by atoms with Crippen molar-refractivity contribution in [2.24, 2.45) is 0 Å². The van der Waals surface area contributed by atoms with Crippen LogP contribution in [-0.4, -0.2) is 20.7 Å². The molecule has 0 amide bonds. The van der Waals surface area contributed by atoms with E-state index in [1.54, 1.807) is 6.26 Å². The highest BCUT2D eigenvalue weighted by Gasteiger charge is 2.37. The van der Waals surface area contributed by atoms with Crippen molar-refractivity contribution in [3.63, 3.8) is 0 Å². The van der Waals surface area contributed by atoms with Gasteiger partial charge in [0.05, 0.1) is 5.73 Å². The molecule has 0 aliphatic carbocycles. The van der Waals surface area contributed by atoms with E-state index >= 15 is 0 Å². The molecule has 1 rings (SSSR count). The first-order valence-electron chi connectivity index (χ1n) is 4.35. The first-order valence-corrected chi connectivity index (χ1v) is 7.34. The summed E-state index contributed by atoms with van der Waals surface area (Å²) in [6, 6.07) is 0. The van der Waals surface area contributed by atoms with Gasteiger partial charge in [0.15, 0.2) is 0 Å². The van der Waals surface area contributed by atoms with Gasteiger partial charge in [-0.25, -0.2) is 0 Å². The lowest BCUT2D eigenvalue weighted by Gasteiger charge is -2.31. The zero-order valence-electron chi connectivity index (χ0n) is 7.67. The van der Waals surface area contributed by atoms with E-state index in [0.29, 0.717) is 0 Å². The minimum atomic E-state index is -1.89. The van der Waals surface area contributed by atoms with Crippen molar-refractivity contribution in [2.75, 3.05) is 6.61 Å². The van der Waals surface area contributed by atoms with Crippen molar-refractivity contribution < 1.29 is 9.16 Å². The van der Waals surface area contributed by atoms with E-state index in [9.17, 15) is 0 Å². The second-order valence-corrected chi connectivity index (χ2v) is 7.71. The summed E-state index contributed by atoms with van der Waals surface area (Å²) in [5, 5.41) is 8.44. The number of hydrogen-bond acceptors (Lipinski definition) is 3. The average molecular weight is 185 g/mol. The van der Waals surface area contributed by atoms with Crippen molar-refractivity contribution in [2.45, 2.75) is 38.1 Å². The van der Waals surface area contributed by atoms with Crippen LogP contribution in [0.5, 0.6) is 0 Å². The van der Waals surface area contributed by atoms with Gasteiger partial charge in [-0.15, -0.1) is 0 Å². The number of hydrogen-bond donors (Lipinski definition) is 0. The molecule has 4 heteroatoms. The third-order valence-electron chi connectivity index (χ3n) is 2.26. The Morgan fingerprint density at radius 1 is 1.50 bits per heavy atom. The summed E-state index contributed by atoms with van der Waals surface area (Å²) in [6.45, 7) is 4.90. The van der Waals surface area contributed by atoms with E-state index in [1.807, 2.05) is 13.1 Å². The molecule has 3 nitrogen and oxygen atoms in total. The summed E-state index contributed by atoms with van der Waals surface area (Å²) in [5.74, 6) is 0. The molecule has 0 N–H and O–H groups in total. The fourth-order valence-corrected chi connectivity index (χ4v) is 3.26. The van der Waals surface area contributed by atoms with Crippen LogP contribution >= 0.6 is 0 Å². The third-order valence-corrected chi connectivity index (χ3v) is 4.89. The molecule has 0 aromatic rings. The summed E-state index contributed by atoms with van der Waals surface area (Å²) in [5.41, 5.74) is 0.214. The SMILES string of the molecule is C[Si](C)(OC#N)C1CCCCO1. The van der Waals surface area contributed by atoms with E-state index in [-0.39, 0.29) is 5.73 Å². The minimum Gasteiger partial charge on any atom is -0.480 e. The lowest BCUT2D eigenvalue weighted by Crippen LogP contribution is -2.46. The van der Waals surface area contributed by atoms with Gasteiger partial charge in [-0.2, -0.15) is 5.26 Å². The van der Waals surface area contributed by atoms with Crippen LogP contribution < -0.4 is 0 Å². The molecule has 0 spiro atoms. The molecule has 0 saturated carbocycles. The Labute approximate surface area is 74.4 Å². The Balaban J connectivity index is 2.48. The minimum absolute atomic E-state index is 0.214. The zero-order valence-corrected chi connectivity index (χ0v) is 8.67. The first kappa shape index (κ1) is 9.55. The molecular weight excluding hydrogens is 170 g/mol. The van der Waals surface area contributed by atoms with Gasteiger partial charge in [-0.1, -0.05) is 0 Å². The van der Waals surface area contributed by atoms with Crippen molar-refractivity contribution in [1.82, 2.24) is 0 Å². The lowest BCUT2D eigenvalue weighted by molar-refractivity contribution is 0.0511. The average Bonchev–Trinajstić information content (AvgIpc) is 2.06. The molecular formula is C8H15NO2Si. The van der Waals surface area contributed by atoms with Crippen LogP contribution in [0.4, 0.5) is 0 Å². The molecule has 0 aromatic heterocycles. The summed E-state index contributed by atoms with van der Waals surface area (Å²) in [6.07, 6.45) is 5.19. The van der Waals surface area contributed by atoms with Gasteiger partial charge in [0, 0.05) is 6.61 Å². The van der Waals surface area contributed by atoms with E-state index in [1.165, 1.54) is 6.42 Å². The maximum Gasteiger partial charge on any atom is 0.289 e. The molecule has 1 heterocycles. The monoisotopic (exact) mass is 185 g/mol. The fraction of sp³-hybridized carbons (Fsp3) is 0.875. The van der Waals surface area contributed by atoms with Crippen LogP contribution in [0.15, 0.2) is 0 Å². The molecule has 12 heavy (non-hydrogen) atoms. The fourth-order valence-electron chi connectivity index (χ4n) is 1.47. The van der Waals surface area contributed by atoms with Gasteiger partial charge in [0.25, 0.3) is 14.6 Å². The van der Waals surface area contributed by atoms with Gasteiger partial charge < -0.3 is 9.16 Å². The third kappa shape index (κ3) is 2.22. The van der Waals surface area contributed by atoms with Crippen LogP contribution in [0.2, 0.25) is 13.1 Å². The molecule has 68 valence electrons. The first-order chi connectivity index (χ1) is 5.67. The van der Waals surface area contributed by atoms with E-state index in [2.05, 4.69) is 0 Å². The molecule has 1 aliphatic rings. The molecule has 0 radical (unpaired) electrons. The van der Waals surface area contributed by atoms with Crippen LogP contribution in [-0.2, 0) is 9.16 Å². The Morgan fingerprint density at radius 2 is 2.25 bits per heavy atom. The van der Waals surface area contributed by atoms with E-state index < -0.39 is 8.32 Å². The van der Waals surface area contributed by atoms with Gasteiger partial charge >= 0.3 is 0 Å². The largest absolute Gasteiger partial charge is 0.480 e. The molecule has 1 atom stereocenters. The lowest BCUT2D eigenvalue weighted by atomic mass is 10.2. The summed E-state index contributed by atoms with van der Waals surface area (Å²) in [7, 11) is -1.89. The van der Waals surface area contributed by atoms with E-state index in [4.69, 9.17) is 14.4 Å². The molecule has 1 aliphatic heterocycles. The topological polar surface area (TPSA) is 42.2 Å². The summed E-state index contributed by atoms with van der Waals surface area (Å²) >= 11 is 0. The number of nitriles is 1. The Hall–Kier alpha value is -0.533. The van der Waals surface area contributed by atoms with Crippen LogP contribution in [0.3, 0.4) is 0 Å². The Morgan fingerprint density at radius 3 is 2.75 bits per heavy atom. The quantitative estimate of drug-likeness (QED) is 0.486. The summed E-state index contributed by atoms with van der Waals surface area (Å²) in [4.78, 5) is 0. The van der Waals surface area contributed by atoms with E-state index in [0.717, 1.165) is 19.4 Å². The van der Waals surface area contributed by atoms with Crippen LogP contribution in [0.1, 0.15) is 19.3 Å². The van der Waals surface area contributed by atoms with Crippen LogP contribution in [0.25, 0.3) is 0 Å². The zero-order chi connectivity index (χ0) is 9.03. The highest BCUT2D eigenvalue weighted by molar-refractivity contribution is 6.72. The molecule has 1 unspecified atom stereocenters. The normalized spacial score (nSPS) is 24.6. The molecule has 1 fully saturated rings. The molecule has 0 bridgehead atoms. The van der Waals surface area contributed by atoms with Crippen molar-refractivity contribution in [3.05, 3.63) is 0 Å². The van der Waals surface area contributed by atoms with Gasteiger partial charge in [-0.3, -0.25) is 0 Å². The second kappa shape index (κ2) is 3.92. The highest BCUT2D eigenvalue weighted by Crippen LogP contribution is 2.22. The highest BCUT2D eigenvalue weighted by atomic mass is 28.4. The van der Waals surface area contributed by atoms with Crippen molar-refractivity contribution in [1.29, 1.82) is 5.26 Å². The number of rotatable bonds is 2. The van der Waals surface area contributed by atoms with Gasteiger partial charge in [0.1, 0.15) is 0 Å². The predicted octanol–water partition coefficient (Wildman–Crippen LogP) is 1.80. The van der Waals surface area contributed by atoms with Crippen LogP contribution in [0, 0.1) is 11.5 Å². The Kier molecular flexibility index (Phi) is 3.12. The number of ether oxygens (including phenoxy) is 1. The van der Waals surface area contributed by atoms with Crippen molar-refractivity contribution in [3.8, 4) is 6.26 Å². The second-order valence-electron chi connectivity index (χ2n) is 3.65. The number of nitrogens with zero attached hydrogens (tertiary/aromatic N) is 1. The van der Waals surface area contributed by atoms with Gasteiger partial charge in [-0.05, 0) is 32.4 Å². The maximum atomic E-state index is 8.44. The van der Waals surface area contributed by atoms with Gasteiger partial charge in [0.2, 0.25) is 0 Å². The smallest absolute Gasteiger partial charge is 0.289 e.